The van der Waals surface area contributed by atoms with E-state index in [1.807, 2.05) is 24.3 Å². The predicted molar refractivity (Wildman–Crippen MR) is 117 cm³/mol. The van der Waals surface area contributed by atoms with Crippen molar-refractivity contribution in [2.45, 2.75) is 6.42 Å². The van der Waals surface area contributed by atoms with Crippen LogP contribution in [-0.4, -0.2) is 34.5 Å². The van der Waals surface area contributed by atoms with Gasteiger partial charge in [0.25, 0.3) is 5.91 Å². The van der Waals surface area contributed by atoms with Crippen LogP contribution in [-0.2, 0) is 6.42 Å². The number of anilines is 1. The Hall–Kier alpha value is -4.20. The number of nitrogens with zero attached hydrogens (tertiary/aromatic N) is 3. The van der Waals surface area contributed by atoms with Gasteiger partial charge in [0.2, 0.25) is 0 Å². The zero-order valence-electron chi connectivity index (χ0n) is 16.9. The van der Waals surface area contributed by atoms with Crippen LogP contribution in [0.5, 0.6) is 5.75 Å². The van der Waals surface area contributed by atoms with Crippen LogP contribution in [0, 0.1) is 0 Å². The fourth-order valence-corrected chi connectivity index (χ4v) is 3.20. The first-order valence-corrected chi connectivity index (χ1v) is 9.67. The van der Waals surface area contributed by atoms with E-state index in [9.17, 15) is 4.79 Å². The number of hydrogen-bond acceptors (Lipinski definition) is 7. The highest BCUT2D eigenvalue weighted by atomic mass is 16.5. The molecule has 4 rings (SSSR count). The van der Waals surface area contributed by atoms with Gasteiger partial charge in [-0.1, -0.05) is 12.1 Å². The van der Waals surface area contributed by atoms with Crippen LogP contribution in [0.2, 0.25) is 0 Å². The number of methoxy groups -OCH3 is 1. The number of nitrogens with two attached hydrogens (primary N) is 1. The van der Waals surface area contributed by atoms with Crippen LogP contribution < -0.4 is 15.8 Å². The van der Waals surface area contributed by atoms with E-state index in [-0.39, 0.29) is 5.56 Å². The van der Waals surface area contributed by atoms with Gasteiger partial charge in [-0.15, -0.1) is 0 Å². The maximum absolute atomic E-state index is 12.2. The maximum Gasteiger partial charge on any atom is 0.252 e. The molecule has 3 aromatic heterocycles. The summed E-state index contributed by atoms with van der Waals surface area (Å²) in [7, 11) is 1.63. The SMILES string of the molecule is COc1ccc(CCNc2nc(-c3ccco3)c(-c3ccncn3)cc2C(N)=O)cc1. The molecule has 0 atom stereocenters. The van der Waals surface area contributed by atoms with Crippen molar-refractivity contribution in [3.8, 4) is 28.5 Å². The third-order valence-corrected chi connectivity index (χ3v) is 4.77. The monoisotopic (exact) mass is 415 g/mol. The van der Waals surface area contributed by atoms with Crippen molar-refractivity contribution in [1.82, 2.24) is 15.0 Å². The smallest absolute Gasteiger partial charge is 0.252 e. The molecule has 0 aliphatic carbocycles. The van der Waals surface area contributed by atoms with Crippen LogP contribution in [0.4, 0.5) is 5.82 Å². The Bertz CT molecular complexity index is 1160. The number of carbonyl (C=O) groups excluding carboxylic acids is 1. The van der Waals surface area contributed by atoms with E-state index in [4.69, 9.17) is 14.9 Å². The summed E-state index contributed by atoms with van der Waals surface area (Å²) in [5.41, 5.74) is 8.86. The van der Waals surface area contributed by atoms with Crippen LogP contribution in [0.1, 0.15) is 15.9 Å². The van der Waals surface area contributed by atoms with E-state index in [2.05, 4.69) is 20.3 Å². The molecule has 0 unspecified atom stereocenters. The van der Waals surface area contributed by atoms with Gasteiger partial charge < -0.3 is 20.2 Å². The van der Waals surface area contributed by atoms with Crippen molar-refractivity contribution < 1.29 is 13.9 Å². The molecule has 3 N–H and O–H groups in total. The fourth-order valence-electron chi connectivity index (χ4n) is 3.20. The molecule has 3 heterocycles. The maximum atomic E-state index is 12.2. The molecule has 156 valence electrons. The third kappa shape index (κ3) is 4.53. The van der Waals surface area contributed by atoms with Gasteiger partial charge in [0.05, 0.1) is 24.6 Å². The normalized spacial score (nSPS) is 10.6. The summed E-state index contributed by atoms with van der Waals surface area (Å²) in [6, 6.07) is 14.8. The minimum atomic E-state index is -0.583. The van der Waals surface area contributed by atoms with Crippen molar-refractivity contribution in [1.29, 1.82) is 0 Å². The standard InChI is InChI=1S/C23H21N5O3/c1-30-16-6-4-15(5-7-16)8-11-26-23-18(22(24)29)13-17(19-9-10-25-14-27-19)21(28-23)20-3-2-12-31-20/h2-7,9-10,12-14H,8,11H2,1H3,(H2,24,29)(H,26,28). The predicted octanol–water partition coefficient (Wildman–Crippen LogP) is 3.56. The molecule has 0 bridgehead atoms. The van der Waals surface area contributed by atoms with E-state index in [0.29, 0.717) is 35.1 Å². The molecule has 0 aliphatic heterocycles. The van der Waals surface area contributed by atoms with E-state index in [0.717, 1.165) is 17.7 Å². The first kappa shape index (κ1) is 20.1. The summed E-state index contributed by atoms with van der Waals surface area (Å²) in [4.78, 5) is 25.1. The lowest BCUT2D eigenvalue weighted by Crippen LogP contribution is -2.17. The van der Waals surface area contributed by atoms with Crippen LogP contribution in [0.15, 0.2) is 71.7 Å². The summed E-state index contributed by atoms with van der Waals surface area (Å²) in [6.07, 6.45) is 5.36. The molecule has 31 heavy (non-hydrogen) atoms. The Morgan fingerprint density at radius 1 is 1.19 bits per heavy atom. The average Bonchev–Trinajstić information content (AvgIpc) is 3.34. The molecule has 8 nitrogen and oxygen atoms in total. The highest BCUT2D eigenvalue weighted by molar-refractivity contribution is 6.00. The second kappa shape index (κ2) is 9.08. The number of amides is 1. The number of pyridine rings is 1. The van der Waals surface area contributed by atoms with Gasteiger partial charge in [-0.3, -0.25) is 4.79 Å². The number of aromatic nitrogens is 3. The second-order valence-corrected chi connectivity index (χ2v) is 6.74. The molecular weight excluding hydrogens is 394 g/mol. The zero-order valence-corrected chi connectivity index (χ0v) is 16.9. The largest absolute Gasteiger partial charge is 0.497 e. The van der Waals surface area contributed by atoms with Crippen molar-refractivity contribution in [3.05, 3.63) is 78.4 Å². The number of ether oxygens (including phenoxy) is 1. The average molecular weight is 415 g/mol. The number of hydrogen-bond donors (Lipinski definition) is 2. The van der Waals surface area contributed by atoms with Gasteiger partial charge in [-0.2, -0.15) is 0 Å². The summed E-state index contributed by atoms with van der Waals surface area (Å²) in [5, 5.41) is 3.24. The van der Waals surface area contributed by atoms with Crippen molar-refractivity contribution in [3.63, 3.8) is 0 Å². The van der Waals surface area contributed by atoms with Crippen LogP contribution >= 0.6 is 0 Å². The number of primary amides is 1. The molecule has 4 aromatic rings. The number of benzene rings is 1. The lowest BCUT2D eigenvalue weighted by molar-refractivity contribution is 0.100. The van der Waals surface area contributed by atoms with E-state index < -0.39 is 5.91 Å². The molecule has 8 heteroatoms. The van der Waals surface area contributed by atoms with Gasteiger partial charge in [0.1, 0.15) is 23.6 Å². The minimum absolute atomic E-state index is 0.277. The molecule has 0 saturated carbocycles. The Kier molecular flexibility index (Phi) is 5.89. The van der Waals surface area contributed by atoms with Gasteiger partial charge >= 0.3 is 0 Å². The molecule has 0 spiro atoms. The number of furan rings is 1. The third-order valence-electron chi connectivity index (χ3n) is 4.77. The van der Waals surface area contributed by atoms with Gasteiger partial charge in [-0.25, -0.2) is 15.0 Å². The Morgan fingerprint density at radius 3 is 2.68 bits per heavy atom. The number of nitrogens with one attached hydrogen (secondary N) is 1. The van der Waals surface area contributed by atoms with E-state index in [1.54, 1.807) is 43.8 Å². The fraction of sp³-hybridized carbons (Fsp3) is 0.130. The summed E-state index contributed by atoms with van der Waals surface area (Å²) in [6.45, 7) is 0.560. The summed E-state index contributed by atoms with van der Waals surface area (Å²) in [5.74, 6) is 1.17. The Morgan fingerprint density at radius 2 is 2.03 bits per heavy atom. The molecule has 0 saturated heterocycles. The number of rotatable bonds is 8. The number of carbonyl (C=O) groups is 1. The molecular formula is C23H21N5O3. The van der Waals surface area contributed by atoms with Gasteiger partial charge in [0, 0.05) is 18.3 Å². The minimum Gasteiger partial charge on any atom is -0.497 e. The van der Waals surface area contributed by atoms with Crippen molar-refractivity contribution in [2.75, 3.05) is 19.0 Å². The second-order valence-electron chi connectivity index (χ2n) is 6.74. The van der Waals surface area contributed by atoms with E-state index in [1.165, 1.54) is 6.33 Å². The van der Waals surface area contributed by atoms with Crippen molar-refractivity contribution >= 4 is 11.7 Å². The molecule has 0 fully saturated rings. The first-order valence-electron chi connectivity index (χ1n) is 9.67. The zero-order chi connectivity index (χ0) is 21.6. The molecule has 0 aliphatic rings. The molecule has 1 aromatic carbocycles. The quantitative estimate of drug-likeness (QED) is 0.452. The van der Waals surface area contributed by atoms with Gasteiger partial charge in [-0.05, 0) is 48.4 Å². The van der Waals surface area contributed by atoms with Crippen LogP contribution in [0.25, 0.3) is 22.7 Å². The van der Waals surface area contributed by atoms with E-state index >= 15 is 0 Å². The Balaban J connectivity index is 1.66. The molecule has 0 radical (unpaired) electrons. The topological polar surface area (TPSA) is 116 Å². The highest BCUT2D eigenvalue weighted by Crippen LogP contribution is 2.33. The first-order chi connectivity index (χ1) is 15.2. The highest BCUT2D eigenvalue weighted by Gasteiger charge is 2.20. The van der Waals surface area contributed by atoms with Crippen LogP contribution in [0.3, 0.4) is 0 Å². The van der Waals surface area contributed by atoms with Gasteiger partial charge in [0.15, 0.2) is 5.76 Å². The van der Waals surface area contributed by atoms with Crippen molar-refractivity contribution in [2.24, 2.45) is 5.73 Å². The lowest BCUT2D eigenvalue weighted by Gasteiger charge is -2.14. The summed E-state index contributed by atoms with van der Waals surface area (Å²) >= 11 is 0. The summed E-state index contributed by atoms with van der Waals surface area (Å²) < 4.78 is 10.8. The Labute approximate surface area is 179 Å². The lowest BCUT2D eigenvalue weighted by atomic mass is 10.0. The molecule has 1 amide bonds.